The van der Waals surface area contributed by atoms with Crippen molar-refractivity contribution in [3.05, 3.63) is 28.8 Å². The normalized spacial score (nSPS) is 11.1. The van der Waals surface area contributed by atoms with Crippen LogP contribution in [0.25, 0.3) is 0 Å². The quantitative estimate of drug-likeness (QED) is 0.647. The van der Waals surface area contributed by atoms with Gasteiger partial charge in [0.2, 0.25) is 0 Å². The van der Waals surface area contributed by atoms with Gasteiger partial charge in [-0.25, -0.2) is 4.79 Å². The van der Waals surface area contributed by atoms with E-state index in [1.165, 1.54) is 26.4 Å². The Kier molecular flexibility index (Phi) is 4.13. The molecule has 0 fully saturated rings. The van der Waals surface area contributed by atoms with Gasteiger partial charge in [-0.05, 0) is 18.2 Å². The molecule has 0 aliphatic carbocycles. The summed E-state index contributed by atoms with van der Waals surface area (Å²) in [5.74, 6) is -0.726. The molecule has 0 radical (unpaired) electrons. The second-order valence-corrected chi connectivity index (χ2v) is 3.18. The molecule has 1 N–H and O–H groups in total. The first-order valence-electron chi connectivity index (χ1n) is 4.28. The minimum atomic E-state index is -1.19. The fourth-order valence-corrected chi connectivity index (χ4v) is 1.38. The van der Waals surface area contributed by atoms with Gasteiger partial charge in [-0.1, -0.05) is 16.8 Å². The van der Waals surface area contributed by atoms with Crippen LogP contribution < -0.4 is 4.74 Å². The molecule has 1 rings (SSSR count). The third kappa shape index (κ3) is 2.64. The highest BCUT2D eigenvalue weighted by atomic mass is 35.5. The number of hydrogen-bond acceptors (Lipinski definition) is 4. The average Bonchev–Trinajstić information content (AvgIpc) is 2.25. The van der Waals surface area contributed by atoms with E-state index < -0.39 is 5.97 Å². The lowest BCUT2D eigenvalue weighted by Crippen LogP contribution is -2.14. The number of carboxylic acid groups (broad SMARTS) is 1. The van der Waals surface area contributed by atoms with Crippen LogP contribution in [0.15, 0.2) is 23.4 Å². The summed E-state index contributed by atoms with van der Waals surface area (Å²) in [4.78, 5) is 15.3. The van der Waals surface area contributed by atoms with Crippen LogP contribution in [-0.2, 0) is 9.63 Å². The summed E-state index contributed by atoms with van der Waals surface area (Å²) in [7, 11) is 2.75. The Morgan fingerprint density at radius 1 is 1.44 bits per heavy atom. The van der Waals surface area contributed by atoms with Gasteiger partial charge in [0.15, 0.2) is 5.71 Å². The molecule has 0 bridgehead atoms. The summed E-state index contributed by atoms with van der Waals surface area (Å²) in [6.07, 6.45) is 0. The number of ether oxygens (including phenoxy) is 1. The fourth-order valence-electron chi connectivity index (χ4n) is 1.12. The van der Waals surface area contributed by atoms with E-state index in [0.29, 0.717) is 16.3 Å². The van der Waals surface area contributed by atoms with Gasteiger partial charge in [0.1, 0.15) is 12.9 Å². The number of nitrogens with zero attached hydrogens (tertiary/aromatic N) is 1. The molecular weight excluding hydrogens is 234 g/mol. The molecule has 16 heavy (non-hydrogen) atoms. The molecule has 1 aromatic rings. The Hall–Kier alpha value is -1.75. The summed E-state index contributed by atoms with van der Waals surface area (Å²) in [5, 5.41) is 12.6. The van der Waals surface area contributed by atoms with Crippen molar-refractivity contribution in [3.8, 4) is 5.75 Å². The van der Waals surface area contributed by atoms with Crippen LogP contribution in [0.2, 0.25) is 5.02 Å². The van der Waals surface area contributed by atoms with Crippen LogP contribution in [0.5, 0.6) is 5.75 Å². The van der Waals surface area contributed by atoms with Gasteiger partial charge in [0, 0.05) is 5.56 Å². The second-order valence-electron chi connectivity index (χ2n) is 2.78. The number of hydrogen-bond donors (Lipinski definition) is 1. The maximum absolute atomic E-state index is 10.9. The fraction of sp³-hybridized carbons (Fsp3) is 0.200. The van der Waals surface area contributed by atoms with Crippen LogP contribution in [0.1, 0.15) is 5.56 Å². The topological polar surface area (TPSA) is 68.1 Å². The molecule has 86 valence electrons. The summed E-state index contributed by atoms with van der Waals surface area (Å²) >= 11 is 5.86. The van der Waals surface area contributed by atoms with E-state index in [0.717, 1.165) is 0 Å². The third-order valence-electron chi connectivity index (χ3n) is 1.81. The Labute approximate surface area is 97.2 Å². The van der Waals surface area contributed by atoms with E-state index in [4.69, 9.17) is 21.4 Å². The zero-order chi connectivity index (χ0) is 12.1. The molecule has 0 amide bonds. The Morgan fingerprint density at radius 2 is 2.12 bits per heavy atom. The van der Waals surface area contributed by atoms with Crippen LogP contribution in [0.4, 0.5) is 0 Å². The van der Waals surface area contributed by atoms with Crippen LogP contribution in [0, 0.1) is 0 Å². The first-order valence-corrected chi connectivity index (χ1v) is 4.66. The lowest BCUT2D eigenvalue weighted by Gasteiger charge is -2.05. The summed E-state index contributed by atoms with van der Waals surface area (Å²) in [6.45, 7) is 0. The lowest BCUT2D eigenvalue weighted by atomic mass is 10.1. The van der Waals surface area contributed by atoms with Gasteiger partial charge < -0.3 is 14.7 Å². The molecule has 0 aliphatic heterocycles. The predicted molar refractivity (Wildman–Crippen MR) is 59.2 cm³/mol. The van der Waals surface area contributed by atoms with Crippen LogP contribution >= 0.6 is 11.6 Å². The largest absolute Gasteiger partial charge is 0.495 e. The number of benzene rings is 1. The molecule has 0 saturated heterocycles. The van der Waals surface area contributed by atoms with Crippen molar-refractivity contribution in [2.75, 3.05) is 14.2 Å². The van der Waals surface area contributed by atoms with Gasteiger partial charge in [0.25, 0.3) is 0 Å². The van der Waals surface area contributed by atoms with Crippen molar-refractivity contribution >= 4 is 23.3 Å². The molecule has 0 aromatic heterocycles. The van der Waals surface area contributed by atoms with Gasteiger partial charge >= 0.3 is 5.97 Å². The smallest absolute Gasteiger partial charge is 0.358 e. The van der Waals surface area contributed by atoms with Crippen molar-refractivity contribution in [3.63, 3.8) is 0 Å². The zero-order valence-corrected chi connectivity index (χ0v) is 9.49. The molecule has 0 spiro atoms. The zero-order valence-electron chi connectivity index (χ0n) is 8.73. The highest BCUT2D eigenvalue weighted by Gasteiger charge is 2.15. The molecule has 0 saturated carbocycles. The van der Waals surface area contributed by atoms with E-state index >= 15 is 0 Å². The number of oxime groups is 1. The number of carbonyl (C=O) groups is 1. The van der Waals surface area contributed by atoms with E-state index in [1.807, 2.05) is 0 Å². The van der Waals surface area contributed by atoms with Crippen LogP contribution in [-0.4, -0.2) is 31.0 Å². The third-order valence-corrected chi connectivity index (χ3v) is 2.11. The number of aliphatic carboxylic acids is 1. The lowest BCUT2D eigenvalue weighted by molar-refractivity contribution is -0.129. The molecule has 0 atom stereocenters. The Morgan fingerprint density at radius 3 is 2.56 bits per heavy atom. The van der Waals surface area contributed by atoms with E-state index in [-0.39, 0.29) is 5.71 Å². The standard InChI is InChI=1S/C10H10ClNO4/c1-15-8-4-3-6(5-7(8)11)9(10(13)14)12-16-2/h3-5H,1-2H3,(H,13,14). The Balaban J connectivity index is 3.17. The second kappa shape index (κ2) is 5.37. The van der Waals surface area contributed by atoms with E-state index in [2.05, 4.69) is 9.99 Å². The molecule has 0 unspecified atom stereocenters. The SMILES string of the molecule is CON=C(C(=O)O)c1ccc(OC)c(Cl)c1. The van der Waals surface area contributed by atoms with E-state index in [1.54, 1.807) is 6.07 Å². The van der Waals surface area contributed by atoms with Crippen molar-refractivity contribution in [2.24, 2.45) is 5.16 Å². The van der Waals surface area contributed by atoms with Gasteiger partial charge in [0.05, 0.1) is 12.1 Å². The molecule has 1 aromatic carbocycles. The summed E-state index contributed by atoms with van der Waals surface area (Å²) in [6, 6.07) is 4.55. The minimum Gasteiger partial charge on any atom is -0.495 e. The molecule has 6 heteroatoms. The van der Waals surface area contributed by atoms with Crippen molar-refractivity contribution < 1.29 is 19.5 Å². The number of halogens is 1. The number of rotatable bonds is 4. The monoisotopic (exact) mass is 243 g/mol. The first-order chi connectivity index (χ1) is 7.60. The Bertz CT molecular complexity index is 431. The van der Waals surface area contributed by atoms with Crippen LogP contribution in [0.3, 0.4) is 0 Å². The van der Waals surface area contributed by atoms with Gasteiger partial charge in [-0.15, -0.1) is 0 Å². The summed E-state index contributed by atoms with van der Waals surface area (Å²) < 4.78 is 4.95. The molecular formula is C10H10ClNO4. The van der Waals surface area contributed by atoms with Crippen molar-refractivity contribution in [1.29, 1.82) is 0 Å². The number of methoxy groups -OCH3 is 1. The van der Waals surface area contributed by atoms with Crippen molar-refractivity contribution in [1.82, 2.24) is 0 Å². The highest BCUT2D eigenvalue weighted by molar-refractivity contribution is 6.43. The maximum Gasteiger partial charge on any atom is 0.358 e. The summed E-state index contributed by atoms with van der Waals surface area (Å²) in [5.41, 5.74) is 0.132. The van der Waals surface area contributed by atoms with Gasteiger partial charge in [-0.3, -0.25) is 0 Å². The molecule has 0 aliphatic rings. The molecule has 5 nitrogen and oxygen atoms in total. The average molecular weight is 244 g/mol. The number of carboxylic acids is 1. The molecule has 0 heterocycles. The van der Waals surface area contributed by atoms with Gasteiger partial charge in [-0.2, -0.15) is 0 Å². The van der Waals surface area contributed by atoms with Crippen molar-refractivity contribution in [2.45, 2.75) is 0 Å². The highest BCUT2D eigenvalue weighted by Crippen LogP contribution is 2.25. The first kappa shape index (κ1) is 12.3. The predicted octanol–water partition coefficient (Wildman–Crippen LogP) is 1.78. The maximum atomic E-state index is 10.9. The minimum absolute atomic E-state index is 0.216. The van der Waals surface area contributed by atoms with E-state index in [9.17, 15) is 4.79 Å².